The van der Waals surface area contributed by atoms with E-state index in [1.54, 1.807) is 0 Å². The predicted molar refractivity (Wildman–Crippen MR) is 78.5 cm³/mol. The number of nitrogens with one attached hydrogen (secondary N) is 1. The number of nitrogens with two attached hydrogens (primary N) is 1. The SMILES string of the molecule is Cl.NC1(CNC(=O)CC2CCCCO2)CCCCC1. The van der Waals surface area contributed by atoms with Crippen molar-refractivity contribution in [2.75, 3.05) is 13.2 Å². The first-order chi connectivity index (χ1) is 8.68. The van der Waals surface area contributed by atoms with Gasteiger partial charge in [0.2, 0.25) is 5.91 Å². The number of hydrogen-bond donors (Lipinski definition) is 2. The maximum absolute atomic E-state index is 11.8. The highest BCUT2D eigenvalue weighted by atomic mass is 35.5. The third-order valence-electron chi connectivity index (χ3n) is 4.17. The second-order valence-electron chi connectivity index (χ2n) is 5.89. The average molecular weight is 291 g/mol. The van der Waals surface area contributed by atoms with E-state index in [2.05, 4.69) is 5.32 Å². The van der Waals surface area contributed by atoms with Gasteiger partial charge in [0.05, 0.1) is 12.5 Å². The molecule has 5 heteroatoms. The molecule has 4 nitrogen and oxygen atoms in total. The number of halogens is 1. The summed E-state index contributed by atoms with van der Waals surface area (Å²) >= 11 is 0. The minimum absolute atomic E-state index is 0. The average Bonchev–Trinajstić information content (AvgIpc) is 2.39. The molecule has 1 atom stereocenters. The summed E-state index contributed by atoms with van der Waals surface area (Å²) in [7, 11) is 0. The van der Waals surface area contributed by atoms with E-state index in [0.717, 1.165) is 32.3 Å². The summed E-state index contributed by atoms with van der Waals surface area (Å²) in [5.41, 5.74) is 6.13. The van der Waals surface area contributed by atoms with Crippen molar-refractivity contribution < 1.29 is 9.53 Å². The Labute approximate surface area is 122 Å². The quantitative estimate of drug-likeness (QED) is 0.834. The number of ether oxygens (including phenoxy) is 1. The topological polar surface area (TPSA) is 64.3 Å². The number of amides is 1. The van der Waals surface area contributed by atoms with Gasteiger partial charge in [-0.3, -0.25) is 4.79 Å². The first-order valence-corrected chi connectivity index (χ1v) is 7.35. The van der Waals surface area contributed by atoms with E-state index in [4.69, 9.17) is 10.5 Å². The van der Waals surface area contributed by atoms with Gasteiger partial charge in [-0.2, -0.15) is 0 Å². The fourth-order valence-electron chi connectivity index (χ4n) is 2.95. The molecule has 1 saturated heterocycles. The lowest BCUT2D eigenvalue weighted by atomic mass is 9.82. The third-order valence-corrected chi connectivity index (χ3v) is 4.17. The van der Waals surface area contributed by atoms with E-state index < -0.39 is 0 Å². The van der Waals surface area contributed by atoms with Gasteiger partial charge < -0.3 is 15.8 Å². The Hall–Kier alpha value is -0.320. The van der Waals surface area contributed by atoms with E-state index in [-0.39, 0.29) is 30.0 Å². The monoisotopic (exact) mass is 290 g/mol. The van der Waals surface area contributed by atoms with Gasteiger partial charge in [-0.1, -0.05) is 19.3 Å². The van der Waals surface area contributed by atoms with Crippen LogP contribution in [0.1, 0.15) is 57.8 Å². The smallest absolute Gasteiger partial charge is 0.222 e. The van der Waals surface area contributed by atoms with Crippen LogP contribution in [0.3, 0.4) is 0 Å². The van der Waals surface area contributed by atoms with Crippen molar-refractivity contribution >= 4 is 18.3 Å². The molecule has 0 bridgehead atoms. The molecule has 3 N–H and O–H groups in total. The Balaban J connectivity index is 0.00000180. The standard InChI is InChI=1S/C14H26N2O2.ClH/c15-14(7-3-1-4-8-14)11-16-13(17)10-12-6-2-5-9-18-12;/h12H,1-11,15H2,(H,16,17);1H. The Morgan fingerprint density at radius 2 is 1.95 bits per heavy atom. The van der Waals surface area contributed by atoms with Crippen molar-refractivity contribution in [3.05, 3.63) is 0 Å². The summed E-state index contributed by atoms with van der Waals surface area (Å²) in [6.07, 6.45) is 9.68. The van der Waals surface area contributed by atoms with Gasteiger partial charge in [-0.05, 0) is 32.1 Å². The first-order valence-electron chi connectivity index (χ1n) is 7.35. The van der Waals surface area contributed by atoms with Crippen LogP contribution in [-0.2, 0) is 9.53 Å². The van der Waals surface area contributed by atoms with Gasteiger partial charge in [0, 0.05) is 18.7 Å². The fraction of sp³-hybridized carbons (Fsp3) is 0.929. The van der Waals surface area contributed by atoms with Crippen LogP contribution in [-0.4, -0.2) is 30.7 Å². The zero-order valence-electron chi connectivity index (χ0n) is 11.7. The largest absolute Gasteiger partial charge is 0.378 e. The minimum atomic E-state index is -0.165. The molecule has 0 radical (unpaired) electrons. The van der Waals surface area contributed by atoms with Crippen molar-refractivity contribution in [2.24, 2.45) is 5.73 Å². The van der Waals surface area contributed by atoms with Gasteiger partial charge in [-0.15, -0.1) is 12.4 Å². The summed E-state index contributed by atoms with van der Waals surface area (Å²) in [6.45, 7) is 1.43. The van der Waals surface area contributed by atoms with Crippen molar-refractivity contribution in [2.45, 2.75) is 69.4 Å². The summed E-state index contributed by atoms with van der Waals surface area (Å²) in [5, 5.41) is 3.00. The van der Waals surface area contributed by atoms with Gasteiger partial charge in [0.15, 0.2) is 0 Å². The lowest BCUT2D eigenvalue weighted by Crippen LogP contribution is -2.51. The molecule has 2 fully saturated rings. The van der Waals surface area contributed by atoms with Crippen LogP contribution in [0.2, 0.25) is 0 Å². The molecule has 1 aliphatic heterocycles. The van der Waals surface area contributed by atoms with Crippen LogP contribution < -0.4 is 11.1 Å². The minimum Gasteiger partial charge on any atom is -0.378 e. The molecule has 0 aromatic carbocycles. The summed E-state index contributed by atoms with van der Waals surface area (Å²) in [6, 6.07) is 0. The Kier molecular flexibility index (Phi) is 7.11. The lowest BCUT2D eigenvalue weighted by molar-refractivity contribution is -0.125. The van der Waals surface area contributed by atoms with E-state index in [1.165, 1.54) is 25.7 Å². The van der Waals surface area contributed by atoms with Crippen LogP contribution in [0.5, 0.6) is 0 Å². The Morgan fingerprint density at radius 1 is 1.21 bits per heavy atom. The number of carbonyl (C=O) groups excluding carboxylic acids is 1. The molecule has 1 aliphatic carbocycles. The molecular weight excluding hydrogens is 264 g/mol. The van der Waals surface area contributed by atoms with Crippen molar-refractivity contribution in [3.8, 4) is 0 Å². The summed E-state index contributed by atoms with van der Waals surface area (Å²) < 4.78 is 5.57. The first kappa shape index (κ1) is 16.7. The second kappa shape index (κ2) is 8.08. The van der Waals surface area contributed by atoms with E-state index in [0.29, 0.717) is 13.0 Å². The molecule has 19 heavy (non-hydrogen) atoms. The highest BCUT2D eigenvalue weighted by Gasteiger charge is 2.28. The highest BCUT2D eigenvalue weighted by molar-refractivity contribution is 5.85. The zero-order valence-corrected chi connectivity index (χ0v) is 12.5. The molecule has 1 saturated carbocycles. The molecule has 1 amide bonds. The summed E-state index contributed by atoms with van der Waals surface area (Å²) in [5.74, 6) is 0.0947. The number of hydrogen-bond acceptors (Lipinski definition) is 3. The van der Waals surface area contributed by atoms with E-state index in [1.807, 2.05) is 0 Å². The molecule has 1 unspecified atom stereocenters. The molecule has 2 aliphatic rings. The van der Waals surface area contributed by atoms with Crippen LogP contribution in [0.4, 0.5) is 0 Å². The lowest BCUT2D eigenvalue weighted by Gasteiger charge is -2.33. The van der Waals surface area contributed by atoms with Gasteiger partial charge >= 0.3 is 0 Å². The van der Waals surface area contributed by atoms with Gasteiger partial charge in [0.25, 0.3) is 0 Å². The predicted octanol–water partition coefficient (Wildman–Crippen LogP) is 2.15. The third kappa shape index (κ3) is 5.67. The highest BCUT2D eigenvalue weighted by Crippen LogP contribution is 2.25. The van der Waals surface area contributed by atoms with E-state index >= 15 is 0 Å². The number of rotatable bonds is 4. The van der Waals surface area contributed by atoms with Crippen LogP contribution in [0, 0.1) is 0 Å². The maximum atomic E-state index is 11.8. The van der Waals surface area contributed by atoms with Crippen molar-refractivity contribution in [1.29, 1.82) is 0 Å². The van der Waals surface area contributed by atoms with Gasteiger partial charge in [-0.25, -0.2) is 0 Å². The maximum Gasteiger partial charge on any atom is 0.222 e. The van der Waals surface area contributed by atoms with E-state index in [9.17, 15) is 4.79 Å². The molecule has 2 rings (SSSR count). The Morgan fingerprint density at radius 3 is 2.58 bits per heavy atom. The van der Waals surface area contributed by atoms with Crippen molar-refractivity contribution in [1.82, 2.24) is 5.32 Å². The van der Waals surface area contributed by atoms with Crippen molar-refractivity contribution in [3.63, 3.8) is 0 Å². The number of carbonyl (C=O) groups is 1. The molecule has 0 aromatic rings. The second-order valence-corrected chi connectivity index (χ2v) is 5.89. The summed E-state index contributed by atoms with van der Waals surface area (Å²) in [4.78, 5) is 11.8. The zero-order chi connectivity index (χ0) is 12.8. The molecular formula is C14H27ClN2O2. The normalized spacial score (nSPS) is 26.3. The van der Waals surface area contributed by atoms with Crippen LogP contribution >= 0.6 is 12.4 Å². The molecule has 0 aromatic heterocycles. The molecule has 112 valence electrons. The molecule has 0 spiro atoms. The molecule has 1 heterocycles. The van der Waals surface area contributed by atoms with Gasteiger partial charge in [0.1, 0.15) is 0 Å². The van der Waals surface area contributed by atoms with Crippen LogP contribution in [0.25, 0.3) is 0 Å². The Bertz CT molecular complexity index is 275. The van der Waals surface area contributed by atoms with Crippen LogP contribution in [0.15, 0.2) is 0 Å². The fourth-order valence-corrected chi connectivity index (χ4v) is 2.95.